The molecule has 102 valence electrons. The molecule has 18 heavy (non-hydrogen) atoms. The van der Waals surface area contributed by atoms with Crippen molar-refractivity contribution < 1.29 is 4.74 Å². The van der Waals surface area contributed by atoms with Crippen LogP contribution < -0.4 is 5.32 Å². The van der Waals surface area contributed by atoms with E-state index in [0.717, 1.165) is 25.3 Å². The molecule has 0 radical (unpaired) electrons. The SMILES string of the molecule is COCCCSc1ccccc1CNC(C)(C)C. The maximum Gasteiger partial charge on any atom is 0.0470 e. The zero-order valence-corrected chi connectivity index (χ0v) is 12.8. The Labute approximate surface area is 116 Å². The molecule has 2 nitrogen and oxygen atoms in total. The molecule has 0 amide bonds. The first-order chi connectivity index (χ1) is 8.53. The fraction of sp³-hybridized carbons (Fsp3) is 0.600. The number of hydrogen-bond donors (Lipinski definition) is 1. The van der Waals surface area contributed by atoms with E-state index in [4.69, 9.17) is 4.74 Å². The average Bonchev–Trinajstić information content (AvgIpc) is 2.32. The molecule has 0 fully saturated rings. The zero-order chi connectivity index (χ0) is 13.4. The molecule has 0 unspecified atom stereocenters. The molecule has 0 heterocycles. The van der Waals surface area contributed by atoms with Crippen LogP contribution in [0.2, 0.25) is 0 Å². The number of thioether (sulfide) groups is 1. The molecule has 0 atom stereocenters. The van der Waals surface area contributed by atoms with Gasteiger partial charge in [0.05, 0.1) is 0 Å². The van der Waals surface area contributed by atoms with E-state index in [1.807, 2.05) is 11.8 Å². The van der Waals surface area contributed by atoms with Gasteiger partial charge >= 0.3 is 0 Å². The van der Waals surface area contributed by atoms with Crippen molar-refractivity contribution in [3.05, 3.63) is 29.8 Å². The van der Waals surface area contributed by atoms with E-state index in [0.29, 0.717) is 0 Å². The van der Waals surface area contributed by atoms with Gasteiger partial charge in [-0.2, -0.15) is 0 Å². The smallest absolute Gasteiger partial charge is 0.0470 e. The van der Waals surface area contributed by atoms with E-state index < -0.39 is 0 Å². The lowest BCUT2D eigenvalue weighted by atomic mass is 10.1. The monoisotopic (exact) mass is 267 g/mol. The molecule has 0 bridgehead atoms. The largest absolute Gasteiger partial charge is 0.385 e. The van der Waals surface area contributed by atoms with Crippen LogP contribution in [0.5, 0.6) is 0 Å². The lowest BCUT2D eigenvalue weighted by Gasteiger charge is -2.21. The molecule has 0 aliphatic rings. The van der Waals surface area contributed by atoms with Crippen LogP contribution in [0, 0.1) is 0 Å². The van der Waals surface area contributed by atoms with Crippen LogP contribution in [-0.4, -0.2) is 25.0 Å². The lowest BCUT2D eigenvalue weighted by Crippen LogP contribution is -2.35. The summed E-state index contributed by atoms with van der Waals surface area (Å²) in [6, 6.07) is 8.63. The second-order valence-corrected chi connectivity index (χ2v) is 6.54. The number of ether oxygens (including phenoxy) is 1. The molecule has 0 aromatic heterocycles. The molecule has 1 N–H and O–H groups in total. The highest BCUT2D eigenvalue weighted by Gasteiger charge is 2.10. The van der Waals surface area contributed by atoms with Gasteiger partial charge in [0.15, 0.2) is 0 Å². The van der Waals surface area contributed by atoms with Crippen molar-refractivity contribution in [2.45, 2.75) is 44.2 Å². The Morgan fingerprint density at radius 3 is 2.61 bits per heavy atom. The summed E-state index contributed by atoms with van der Waals surface area (Å²) >= 11 is 1.92. The summed E-state index contributed by atoms with van der Waals surface area (Å²) in [5, 5.41) is 3.54. The Morgan fingerprint density at radius 1 is 1.22 bits per heavy atom. The molecule has 0 aliphatic carbocycles. The van der Waals surface area contributed by atoms with Crippen LogP contribution in [0.4, 0.5) is 0 Å². The number of rotatable bonds is 7. The maximum atomic E-state index is 5.08. The standard InChI is InChI=1S/C15H25NOS/c1-15(2,3)16-12-13-8-5-6-9-14(13)18-11-7-10-17-4/h5-6,8-9,16H,7,10-12H2,1-4H3. The molecule has 1 rings (SSSR count). The number of benzene rings is 1. The van der Waals surface area contributed by atoms with Crippen molar-refractivity contribution in [2.75, 3.05) is 19.5 Å². The molecule has 0 aliphatic heterocycles. The Hall–Kier alpha value is -0.510. The van der Waals surface area contributed by atoms with E-state index in [9.17, 15) is 0 Å². The van der Waals surface area contributed by atoms with Gasteiger partial charge in [0, 0.05) is 36.4 Å². The Bertz CT molecular complexity index is 347. The fourth-order valence-electron chi connectivity index (χ4n) is 1.54. The van der Waals surface area contributed by atoms with Gasteiger partial charge < -0.3 is 10.1 Å². The van der Waals surface area contributed by atoms with Gasteiger partial charge in [-0.1, -0.05) is 18.2 Å². The van der Waals surface area contributed by atoms with Crippen LogP contribution in [0.1, 0.15) is 32.8 Å². The molecule has 0 saturated heterocycles. The summed E-state index contributed by atoms with van der Waals surface area (Å²) in [5.41, 5.74) is 1.54. The highest BCUT2D eigenvalue weighted by atomic mass is 32.2. The maximum absolute atomic E-state index is 5.08. The van der Waals surface area contributed by atoms with Crippen molar-refractivity contribution in [1.82, 2.24) is 5.32 Å². The van der Waals surface area contributed by atoms with Crippen LogP contribution in [0.3, 0.4) is 0 Å². The second-order valence-electron chi connectivity index (χ2n) is 5.41. The van der Waals surface area contributed by atoms with Gasteiger partial charge in [-0.25, -0.2) is 0 Å². The van der Waals surface area contributed by atoms with Gasteiger partial charge in [0.1, 0.15) is 0 Å². The summed E-state index contributed by atoms with van der Waals surface area (Å²) in [4.78, 5) is 1.38. The molecule has 1 aromatic carbocycles. The number of methoxy groups -OCH3 is 1. The Morgan fingerprint density at radius 2 is 1.94 bits per heavy atom. The minimum atomic E-state index is 0.161. The zero-order valence-electron chi connectivity index (χ0n) is 12.0. The Balaban J connectivity index is 2.51. The summed E-state index contributed by atoms with van der Waals surface area (Å²) in [7, 11) is 1.76. The van der Waals surface area contributed by atoms with Crippen molar-refractivity contribution in [3.8, 4) is 0 Å². The molecule has 0 saturated carbocycles. The molecule has 3 heteroatoms. The van der Waals surface area contributed by atoms with Crippen LogP contribution in [-0.2, 0) is 11.3 Å². The minimum Gasteiger partial charge on any atom is -0.385 e. The summed E-state index contributed by atoms with van der Waals surface area (Å²) in [6.45, 7) is 8.36. The quantitative estimate of drug-likeness (QED) is 0.601. The Kier molecular flexibility index (Phi) is 6.76. The first kappa shape index (κ1) is 15.5. The van der Waals surface area contributed by atoms with Gasteiger partial charge in [-0.05, 0) is 38.8 Å². The number of hydrogen-bond acceptors (Lipinski definition) is 3. The highest BCUT2D eigenvalue weighted by molar-refractivity contribution is 7.99. The van der Waals surface area contributed by atoms with Crippen molar-refractivity contribution in [2.24, 2.45) is 0 Å². The van der Waals surface area contributed by atoms with Gasteiger partial charge in [0.25, 0.3) is 0 Å². The number of nitrogens with one attached hydrogen (secondary N) is 1. The van der Waals surface area contributed by atoms with Crippen molar-refractivity contribution in [1.29, 1.82) is 0 Å². The normalized spacial score (nSPS) is 11.8. The molecular formula is C15H25NOS. The van der Waals surface area contributed by atoms with Gasteiger partial charge in [-0.15, -0.1) is 11.8 Å². The third-order valence-corrected chi connectivity index (χ3v) is 3.73. The third kappa shape index (κ3) is 6.43. The van der Waals surface area contributed by atoms with Gasteiger partial charge in [-0.3, -0.25) is 0 Å². The van der Waals surface area contributed by atoms with E-state index in [-0.39, 0.29) is 5.54 Å². The first-order valence-electron chi connectivity index (χ1n) is 6.47. The lowest BCUT2D eigenvalue weighted by molar-refractivity contribution is 0.200. The summed E-state index contributed by atoms with van der Waals surface area (Å²) in [5.74, 6) is 1.11. The molecular weight excluding hydrogens is 242 g/mol. The van der Waals surface area contributed by atoms with E-state index in [1.54, 1.807) is 7.11 Å². The molecule has 0 spiro atoms. The first-order valence-corrected chi connectivity index (χ1v) is 7.46. The third-order valence-electron chi connectivity index (χ3n) is 2.53. The van der Waals surface area contributed by atoms with Crippen molar-refractivity contribution in [3.63, 3.8) is 0 Å². The predicted molar refractivity (Wildman–Crippen MR) is 80.3 cm³/mol. The van der Waals surface area contributed by atoms with Crippen LogP contribution >= 0.6 is 11.8 Å². The fourth-order valence-corrected chi connectivity index (χ4v) is 2.52. The second kappa shape index (κ2) is 7.82. The highest BCUT2D eigenvalue weighted by Crippen LogP contribution is 2.23. The van der Waals surface area contributed by atoms with E-state index in [1.165, 1.54) is 10.5 Å². The predicted octanol–water partition coefficient (Wildman–Crippen LogP) is 3.70. The summed E-state index contributed by atoms with van der Waals surface area (Å²) < 4.78 is 5.08. The average molecular weight is 267 g/mol. The van der Waals surface area contributed by atoms with Crippen LogP contribution in [0.25, 0.3) is 0 Å². The van der Waals surface area contributed by atoms with Crippen molar-refractivity contribution >= 4 is 11.8 Å². The van der Waals surface area contributed by atoms with E-state index >= 15 is 0 Å². The molecule has 1 aromatic rings. The minimum absolute atomic E-state index is 0.161. The topological polar surface area (TPSA) is 21.3 Å². The van der Waals surface area contributed by atoms with Crippen LogP contribution in [0.15, 0.2) is 29.2 Å². The van der Waals surface area contributed by atoms with Gasteiger partial charge in [0.2, 0.25) is 0 Å². The van der Waals surface area contributed by atoms with E-state index in [2.05, 4.69) is 50.4 Å². The summed E-state index contributed by atoms with van der Waals surface area (Å²) in [6.07, 6.45) is 1.10.